The molecule has 1 rings (SSSR count). The molecule has 0 atom stereocenters. The van der Waals surface area contributed by atoms with E-state index in [-0.39, 0.29) is 25.2 Å². The third-order valence-electron chi connectivity index (χ3n) is 2.65. The molecule has 0 saturated heterocycles. The predicted octanol–water partition coefficient (Wildman–Crippen LogP) is 3.14. The van der Waals surface area contributed by atoms with Gasteiger partial charge in [-0.3, -0.25) is 0 Å². The van der Waals surface area contributed by atoms with E-state index >= 15 is 0 Å². The van der Waals surface area contributed by atoms with Gasteiger partial charge < -0.3 is 9.47 Å². The van der Waals surface area contributed by atoms with Crippen molar-refractivity contribution in [3.8, 4) is 0 Å². The summed E-state index contributed by atoms with van der Waals surface area (Å²) in [5.74, 6) is -0.951. The number of benzene rings is 1. The number of rotatable bonds is 7. The first-order chi connectivity index (χ1) is 10.1. The second-order valence-corrected chi connectivity index (χ2v) is 4.30. The molecule has 4 heteroatoms. The van der Waals surface area contributed by atoms with Crippen molar-refractivity contribution in [3.05, 3.63) is 53.6 Å². The average molecular weight is 288 g/mol. The third-order valence-corrected chi connectivity index (χ3v) is 2.65. The SMILES string of the molecule is C=C(C/C(=C\c1ccccc1)C(=O)OCC)C(=O)OCC. The number of esters is 2. The molecule has 112 valence electrons. The van der Waals surface area contributed by atoms with E-state index in [0.29, 0.717) is 5.57 Å². The summed E-state index contributed by atoms with van der Waals surface area (Å²) < 4.78 is 9.89. The fraction of sp³-hybridized carbons (Fsp3) is 0.294. The molecular weight excluding hydrogens is 268 g/mol. The fourth-order valence-electron chi connectivity index (χ4n) is 1.69. The van der Waals surface area contributed by atoms with Crippen molar-refractivity contribution >= 4 is 18.0 Å². The van der Waals surface area contributed by atoms with Gasteiger partial charge in [-0.2, -0.15) is 0 Å². The number of ether oxygens (including phenoxy) is 2. The molecule has 0 aliphatic carbocycles. The van der Waals surface area contributed by atoms with Crippen LogP contribution in [0.1, 0.15) is 25.8 Å². The Kier molecular flexibility index (Phi) is 6.95. The van der Waals surface area contributed by atoms with Crippen molar-refractivity contribution in [2.75, 3.05) is 13.2 Å². The summed E-state index contributed by atoms with van der Waals surface area (Å²) in [6.07, 6.45) is 1.80. The highest BCUT2D eigenvalue weighted by Crippen LogP contribution is 2.17. The molecule has 0 aromatic heterocycles. The third kappa shape index (κ3) is 5.65. The lowest BCUT2D eigenvalue weighted by atomic mass is 10.0. The van der Waals surface area contributed by atoms with Crippen molar-refractivity contribution in [2.45, 2.75) is 20.3 Å². The van der Waals surface area contributed by atoms with Crippen LogP contribution in [0.5, 0.6) is 0 Å². The normalized spacial score (nSPS) is 10.9. The van der Waals surface area contributed by atoms with Crippen LogP contribution in [0.25, 0.3) is 6.08 Å². The van der Waals surface area contributed by atoms with E-state index in [2.05, 4.69) is 6.58 Å². The van der Waals surface area contributed by atoms with Gasteiger partial charge in [-0.25, -0.2) is 9.59 Å². The predicted molar refractivity (Wildman–Crippen MR) is 81.4 cm³/mol. The summed E-state index contributed by atoms with van der Waals surface area (Å²) in [6.45, 7) is 7.68. The fourth-order valence-corrected chi connectivity index (χ4v) is 1.69. The van der Waals surface area contributed by atoms with Crippen molar-refractivity contribution in [1.29, 1.82) is 0 Å². The Morgan fingerprint density at radius 2 is 1.62 bits per heavy atom. The van der Waals surface area contributed by atoms with Gasteiger partial charge in [0.1, 0.15) is 0 Å². The zero-order valence-corrected chi connectivity index (χ0v) is 12.4. The molecule has 0 aliphatic heterocycles. The van der Waals surface area contributed by atoms with Crippen LogP contribution in [0.3, 0.4) is 0 Å². The van der Waals surface area contributed by atoms with E-state index in [9.17, 15) is 9.59 Å². The minimum atomic E-state index is -0.499. The van der Waals surface area contributed by atoms with Crippen LogP contribution in [0.2, 0.25) is 0 Å². The molecule has 0 heterocycles. The Morgan fingerprint density at radius 3 is 2.19 bits per heavy atom. The summed E-state index contributed by atoms with van der Waals surface area (Å²) in [6, 6.07) is 9.36. The van der Waals surface area contributed by atoms with E-state index in [1.807, 2.05) is 30.3 Å². The van der Waals surface area contributed by atoms with Crippen LogP contribution in [0, 0.1) is 0 Å². The van der Waals surface area contributed by atoms with Crippen LogP contribution < -0.4 is 0 Å². The second kappa shape index (κ2) is 8.74. The van der Waals surface area contributed by atoms with Crippen molar-refractivity contribution < 1.29 is 19.1 Å². The van der Waals surface area contributed by atoms with Crippen LogP contribution in [0.15, 0.2) is 48.1 Å². The summed E-state index contributed by atoms with van der Waals surface area (Å²) in [7, 11) is 0. The first kappa shape index (κ1) is 16.7. The van der Waals surface area contributed by atoms with Gasteiger partial charge in [0.15, 0.2) is 0 Å². The van der Waals surface area contributed by atoms with Gasteiger partial charge in [-0.1, -0.05) is 36.9 Å². The summed E-state index contributed by atoms with van der Waals surface area (Å²) in [5.41, 5.74) is 1.46. The van der Waals surface area contributed by atoms with Crippen LogP contribution in [-0.4, -0.2) is 25.2 Å². The molecule has 21 heavy (non-hydrogen) atoms. The maximum atomic E-state index is 12.0. The molecule has 0 spiro atoms. The monoisotopic (exact) mass is 288 g/mol. The Morgan fingerprint density at radius 1 is 1.05 bits per heavy atom. The molecule has 4 nitrogen and oxygen atoms in total. The first-order valence-electron chi connectivity index (χ1n) is 6.86. The lowest BCUT2D eigenvalue weighted by molar-refractivity contribution is -0.138. The quantitative estimate of drug-likeness (QED) is 0.571. The molecule has 0 bridgehead atoms. The second-order valence-electron chi connectivity index (χ2n) is 4.30. The maximum Gasteiger partial charge on any atom is 0.334 e. The van der Waals surface area contributed by atoms with Gasteiger partial charge in [-0.15, -0.1) is 0 Å². The summed E-state index contributed by atoms with van der Waals surface area (Å²) in [4.78, 5) is 23.6. The molecule has 0 unspecified atom stereocenters. The average Bonchev–Trinajstić information content (AvgIpc) is 2.48. The van der Waals surface area contributed by atoms with Crippen molar-refractivity contribution in [2.24, 2.45) is 0 Å². The highest BCUT2D eigenvalue weighted by Gasteiger charge is 2.16. The van der Waals surface area contributed by atoms with Gasteiger partial charge in [0.2, 0.25) is 0 Å². The molecular formula is C17H20O4. The van der Waals surface area contributed by atoms with E-state index < -0.39 is 11.9 Å². The summed E-state index contributed by atoms with van der Waals surface area (Å²) >= 11 is 0. The molecule has 0 amide bonds. The Bertz CT molecular complexity index is 529. The van der Waals surface area contributed by atoms with Gasteiger partial charge >= 0.3 is 11.9 Å². The smallest absolute Gasteiger partial charge is 0.334 e. The molecule has 1 aromatic carbocycles. The van der Waals surface area contributed by atoms with E-state index in [1.54, 1.807) is 19.9 Å². The van der Waals surface area contributed by atoms with Gasteiger partial charge in [0.25, 0.3) is 0 Å². The first-order valence-corrected chi connectivity index (χ1v) is 6.86. The van der Waals surface area contributed by atoms with Gasteiger partial charge in [0.05, 0.1) is 13.2 Å². The zero-order chi connectivity index (χ0) is 15.7. The maximum absolute atomic E-state index is 12.0. The minimum Gasteiger partial charge on any atom is -0.463 e. The van der Waals surface area contributed by atoms with Crippen LogP contribution >= 0.6 is 0 Å². The lowest BCUT2D eigenvalue weighted by Gasteiger charge is -2.09. The highest BCUT2D eigenvalue weighted by molar-refractivity contribution is 5.97. The number of hydrogen-bond donors (Lipinski definition) is 0. The van der Waals surface area contributed by atoms with Gasteiger partial charge in [-0.05, 0) is 25.5 Å². The zero-order valence-electron chi connectivity index (χ0n) is 12.4. The van der Waals surface area contributed by atoms with E-state index in [4.69, 9.17) is 9.47 Å². The Hall–Kier alpha value is -2.36. The summed E-state index contributed by atoms with van der Waals surface area (Å²) in [5, 5.41) is 0. The standard InChI is InChI=1S/C17H20O4/c1-4-20-16(18)13(3)11-15(17(19)21-5-2)12-14-9-7-6-8-10-14/h6-10,12H,3-5,11H2,1-2H3/b15-12+. The Balaban J connectivity index is 2.93. The molecule has 0 N–H and O–H groups in total. The number of carbonyl (C=O) groups excluding carboxylic acids is 2. The van der Waals surface area contributed by atoms with Crippen molar-refractivity contribution in [3.63, 3.8) is 0 Å². The number of hydrogen-bond acceptors (Lipinski definition) is 4. The lowest BCUT2D eigenvalue weighted by Crippen LogP contribution is -2.13. The van der Waals surface area contributed by atoms with Crippen LogP contribution in [-0.2, 0) is 19.1 Å². The van der Waals surface area contributed by atoms with Crippen molar-refractivity contribution in [1.82, 2.24) is 0 Å². The minimum absolute atomic E-state index is 0.104. The molecule has 0 saturated carbocycles. The molecule has 0 aliphatic rings. The molecule has 1 aromatic rings. The van der Waals surface area contributed by atoms with E-state index in [0.717, 1.165) is 5.56 Å². The van der Waals surface area contributed by atoms with Gasteiger partial charge in [0, 0.05) is 17.6 Å². The number of carbonyl (C=O) groups is 2. The largest absolute Gasteiger partial charge is 0.463 e. The Labute approximate surface area is 125 Å². The highest BCUT2D eigenvalue weighted by atomic mass is 16.5. The topological polar surface area (TPSA) is 52.6 Å². The van der Waals surface area contributed by atoms with E-state index in [1.165, 1.54) is 0 Å². The molecule has 0 fully saturated rings. The van der Waals surface area contributed by atoms with Crippen LogP contribution in [0.4, 0.5) is 0 Å². The molecule has 0 radical (unpaired) electrons.